The predicted molar refractivity (Wildman–Crippen MR) is 124 cm³/mol. The summed E-state index contributed by atoms with van der Waals surface area (Å²) in [5, 5.41) is 2.61. The van der Waals surface area contributed by atoms with Crippen LogP contribution in [0.3, 0.4) is 0 Å². The molecule has 9 heteroatoms. The Kier molecular flexibility index (Phi) is 8.17. The van der Waals surface area contributed by atoms with Crippen molar-refractivity contribution in [2.75, 3.05) is 18.5 Å². The minimum Gasteiger partial charge on any atom is -0.457 e. The maximum Gasteiger partial charge on any atom is 0.307 e. The monoisotopic (exact) mass is 468 g/mol. The van der Waals surface area contributed by atoms with Gasteiger partial charge in [0.2, 0.25) is 10.0 Å². The van der Waals surface area contributed by atoms with Crippen molar-refractivity contribution in [1.82, 2.24) is 4.72 Å². The Hall–Kier alpha value is -3.69. The normalized spacial score (nSPS) is 10.9. The molecule has 0 aliphatic carbocycles. The lowest BCUT2D eigenvalue weighted by molar-refractivity contribution is -0.147. The molecule has 0 atom stereocenters. The summed E-state index contributed by atoms with van der Waals surface area (Å²) >= 11 is 0. The smallest absolute Gasteiger partial charge is 0.307 e. The van der Waals surface area contributed by atoms with Crippen molar-refractivity contribution >= 4 is 27.6 Å². The lowest BCUT2D eigenvalue weighted by Gasteiger charge is -2.09. The first-order valence-electron chi connectivity index (χ1n) is 10.2. The third-order valence-electron chi connectivity index (χ3n) is 4.43. The topological polar surface area (TPSA) is 111 Å². The number of benzene rings is 3. The van der Waals surface area contributed by atoms with Crippen LogP contribution in [0.2, 0.25) is 0 Å². The quantitative estimate of drug-likeness (QED) is 0.440. The number of hydrogen-bond acceptors (Lipinski definition) is 6. The van der Waals surface area contributed by atoms with Crippen molar-refractivity contribution in [3.05, 3.63) is 84.4 Å². The minimum absolute atomic E-state index is 0.112. The van der Waals surface area contributed by atoms with Gasteiger partial charge < -0.3 is 14.8 Å². The van der Waals surface area contributed by atoms with Crippen LogP contribution in [-0.4, -0.2) is 33.4 Å². The highest BCUT2D eigenvalue weighted by molar-refractivity contribution is 7.89. The molecule has 0 saturated carbocycles. The van der Waals surface area contributed by atoms with Crippen LogP contribution in [0.5, 0.6) is 11.5 Å². The van der Waals surface area contributed by atoms with E-state index in [-0.39, 0.29) is 17.9 Å². The van der Waals surface area contributed by atoms with E-state index in [9.17, 15) is 18.0 Å². The Balaban J connectivity index is 1.37. The molecule has 0 spiro atoms. The van der Waals surface area contributed by atoms with Gasteiger partial charge in [-0.25, -0.2) is 13.1 Å². The van der Waals surface area contributed by atoms with Gasteiger partial charge in [0, 0.05) is 12.2 Å². The average Bonchev–Trinajstić information content (AvgIpc) is 2.80. The Morgan fingerprint density at radius 3 is 2.15 bits per heavy atom. The standard InChI is InChI=1S/C24H24N2O6S/c1-18-7-13-22(14-8-18)33(29,30)25-16-15-24(28)31-17-23(27)26-19-9-11-21(12-10-19)32-20-5-3-2-4-6-20/h2-14,25H,15-17H2,1H3,(H,26,27). The van der Waals surface area contributed by atoms with Gasteiger partial charge in [0.15, 0.2) is 6.61 Å². The van der Waals surface area contributed by atoms with Crippen molar-refractivity contribution in [1.29, 1.82) is 0 Å². The lowest BCUT2D eigenvalue weighted by Crippen LogP contribution is -2.28. The molecule has 0 heterocycles. The summed E-state index contributed by atoms with van der Waals surface area (Å²) in [4.78, 5) is 24.0. The molecule has 0 aliphatic heterocycles. The third kappa shape index (κ3) is 7.74. The zero-order chi connectivity index (χ0) is 23.7. The van der Waals surface area contributed by atoms with E-state index in [4.69, 9.17) is 9.47 Å². The molecule has 8 nitrogen and oxygen atoms in total. The molecule has 0 unspecified atom stereocenters. The van der Waals surface area contributed by atoms with Crippen molar-refractivity contribution in [2.45, 2.75) is 18.2 Å². The van der Waals surface area contributed by atoms with Crippen LogP contribution in [0, 0.1) is 6.92 Å². The molecule has 0 radical (unpaired) electrons. The van der Waals surface area contributed by atoms with Gasteiger partial charge in [-0.2, -0.15) is 0 Å². The Morgan fingerprint density at radius 1 is 0.848 bits per heavy atom. The van der Waals surface area contributed by atoms with E-state index < -0.39 is 28.5 Å². The van der Waals surface area contributed by atoms with E-state index >= 15 is 0 Å². The number of esters is 1. The summed E-state index contributed by atoms with van der Waals surface area (Å²) in [6, 6.07) is 22.4. The first kappa shape index (κ1) is 24.0. The molecule has 0 fully saturated rings. The number of carbonyl (C=O) groups excluding carboxylic acids is 2. The van der Waals surface area contributed by atoms with Gasteiger partial charge in [-0.3, -0.25) is 9.59 Å². The van der Waals surface area contributed by atoms with E-state index in [2.05, 4.69) is 10.0 Å². The van der Waals surface area contributed by atoms with E-state index in [1.165, 1.54) is 12.1 Å². The zero-order valence-electron chi connectivity index (χ0n) is 18.0. The maximum atomic E-state index is 12.2. The molecule has 0 saturated heterocycles. The molecule has 1 amide bonds. The second-order valence-electron chi connectivity index (χ2n) is 7.11. The molecule has 0 aliphatic rings. The molecule has 2 N–H and O–H groups in total. The van der Waals surface area contributed by atoms with Crippen LogP contribution in [0.25, 0.3) is 0 Å². The van der Waals surface area contributed by atoms with Crippen LogP contribution in [0.4, 0.5) is 5.69 Å². The minimum atomic E-state index is -3.72. The van der Waals surface area contributed by atoms with Crippen LogP contribution in [0.1, 0.15) is 12.0 Å². The fourth-order valence-corrected chi connectivity index (χ4v) is 3.77. The van der Waals surface area contributed by atoms with E-state index in [1.807, 2.05) is 37.3 Å². The molecule has 172 valence electrons. The molecular formula is C24H24N2O6S. The number of para-hydroxylation sites is 1. The summed E-state index contributed by atoms with van der Waals surface area (Å²) < 4.78 is 37.3. The second-order valence-corrected chi connectivity index (χ2v) is 8.88. The average molecular weight is 469 g/mol. The van der Waals surface area contributed by atoms with E-state index in [0.717, 1.165) is 5.56 Å². The lowest BCUT2D eigenvalue weighted by atomic mass is 10.2. The molecule has 0 bridgehead atoms. The zero-order valence-corrected chi connectivity index (χ0v) is 18.8. The Bertz CT molecular complexity index is 1180. The molecular weight excluding hydrogens is 444 g/mol. The SMILES string of the molecule is Cc1ccc(S(=O)(=O)NCCC(=O)OCC(=O)Nc2ccc(Oc3ccccc3)cc2)cc1. The summed E-state index contributed by atoms with van der Waals surface area (Å²) in [6.45, 7) is 1.23. The number of hydrogen-bond donors (Lipinski definition) is 2. The second kappa shape index (κ2) is 11.3. The molecule has 3 rings (SSSR count). The van der Waals surface area contributed by atoms with Crippen molar-refractivity contribution in [3.8, 4) is 11.5 Å². The van der Waals surface area contributed by atoms with Crippen LogP contribution < -0.4 is 14.8 Å². The molecule has 3 aromatic rings. The number of rotatable bonds is 10. The third-order valence-corrected chi connectivity index (χ3v) is 5.91. The van der Waals surface area contributed by atoms with Gasteiger partial charge >= 0.3 is 5.97 Å². The fourth-order valence-electron chi connectivity index (χ4n) is 2.73. The van der Waals surface area contributed by atoms with Gasteiger partial charge in [-0.1, -0.05) is 35.9 Å². The summed E-state index contributed by atoms with van der Waals surface area (Å²) in [7, 11) is -3.72. The summed E-state index contributed by atoms with van der Waals surface area (Å²) in [6.07, 6.45) is -0.204. The first-order chi connectivity index (χ1) is 15.8. The largest absolute Gasteiger partial charge is 0.457 e. The molecule has 0 aromatic heterocycles. The predicted octanol–water partition coefficient (Wildman–Crippen LogP) is 3.64. The van der Waals surface area contributed by atoms with Gasteiger partial charge in [0.05, 0.1) is 11.3 Å². The highest BCUT2D eigenvalue weighted by Crippen LogP contribution is 2.22. The number of anilines is 1. The number of aryl methyl sites for hydroxylation is 1. The molecule has 3 aromatic carbocycles. The van der Waals surface area contributed by atoms with Gasteiger partial charge in [-0.05, 0) is 55.5 Å². The van der Waals surface area contributed by atoms with E-state index in [1.54, 1.807) is 36.4 Å². The van der Waals surface area contributed by atoms with Crippen LogP contribution in [0.15, 0.2) is 83.8 Å². The van der Waals surface area contributed by atoms with Gasteiger partial charge in [-0.15, -0.1) is 0 Å². The van der Waals surface area contributed by atoms with E-state index in [0.29, 0.717) is 17.2 Å². The number of sulfonamides is 1. The number of nitrogens with one attached hydrogen (secondary N) is 2. The van der Waals surface area contributed by atoms with Crippen molar-refractivity contribution in [3.63, 3.8) is 0 Å². The highest BCUT2D eigenvalue weighted by atomic mass is 32.2. The van der Waals surface area contributed by atoms with Crippen LogP contribution in [-0.2, 0) is 24.3 Å². The van der Waals surface area contributed by atoms with Crippen LogP contribution >= 0.6 is 0 Å². The highest BCUT2D eigenvalue weighted by Gasteiger charge is 2.15. The number of amides is 1. The Labute approximate surface area is 192 Å². The summed E-state index contributed by atoms with van der Waals surface area (Å²) in [5.41, 5.74) is 1.45. The first-order valence-corrected chi connectivity index (χ1v) is 11.6. The fraction of sp³-hybridized carbons (Fsp3) is 0.167. The number of carbonyl (C=O) groups is 2. The number of ether oxygens (including phenoxy) is 2. The van der Waals surface area contributed by atoms with Gasteiger partial charge in [0.25, 0.3) is 5.91 Å². The molecule has 33 heavy (non-hydrogen) atoms. The maximum absolute atomic E-state index is 12.2. The Morgan fingerprint density at radius 2 is 1.48 bits per heavy atom. The summed E-state index contributed by atoms with van der Waals surface area (Å²) in [5.74, 6) is 0.102. The van der Waals surface area contributed by atoms with Crippen molar-refractivity contribution in [2.24, 2.45) is 0 Å². The van der Waals surface area contributed by atoms with Gasteiger partial charge in [0.1, 0.15) is 11.5 Å². The van der Waals surface area contributed by atoms with Crippen molar-refractivity contribution < 1.29 is 27.5 Å².